The van der Waals surface area contributed by atoms with E-state index >= 15 is 0 Å². The second-order valence-electron chi connectivity index (χ2n) is 6.08. The SMILES string of the molecule is CN1CC(CN=C(N)NC2CCC2)Cc2ccccc21. The fourth-order valence-electron chi connectivity index (χ4n) is 3.07. The number of para-hydroxylation sites is 1. The first-order chi connectivity index (χ1) is 9.72. The Morgan fingerprint density at radius 1 is 1.40 bits per heavy atom. The Labute approximate surface area is 121 Å². The summed E-state index contributed by atoms with van der Waals surface area (Å²) in [5, 5.41) is 3.30. The van der Waals surface area contributed by atoms with E-state index in [1.165, 1.54) is 30.5 Å². The molecular weight excluding hydrogens is 248 g/mol. The minimum absolute atomic E-state index is 0.552. The summed E-state index contributed by atoms with van der Waals surface area (Å²) in [5.74, 6) is 1.17. The molecule has 1 aliphatic heterocycles. The zero-order chi connectivity index (χ0) is 13.9. The summed E-state index contributed by atoms with van der Waals surface area (Å²) in [4.78, 5) is 6.86. The number of nitrogens with one attached hydrogen (secondary N) is 1. The zero-order valence-electron chi connectivity index (χ0n) is 12.2. The molecule has 0 bridgehead atoms. The number of nitrogens with zero attached hydrogens (tertiary/aromatic N) is 2. The van der Waals surface area contributed by atoms with Crippen LogP contribution in [0.15, 0.2) is 29.3 Å². The maximum atomic E-state index is 5.96. The molecule has 1 unspecified atom stereocenters. The largest absolute Gasteiger partial charge is 0.374 e. The van der Waals surface area contributed by atoms with Crippen LogP contribution in [-0.4, -0.2) is 32.1 Å². The van der Waals surface area contributed by atoms with E-state index in [4.69, 9.17) is 5.73 Å². The fraction of sp³-hybridized carbons (Fsp3) is 0.562. The second-order valence-corrected chi connectivity index (χ2v) is 6.08. The minimum atomic E-state index is 0.552. The summed E-state index contributed by atoms with van der Waals surface area (Å²) in [5.41, 5.74) is 8.73. The monoisotopic (exact) mass is 272 g/mol. The number of nitrogens with two attached hydrogens (primary N) is 1. The number of benzene rings is 1. The first kappa shape index (κ1) is 13.3. The highest BCUT2D eigenvalue weighted by Crippen LogP contribution is 2.28. The van der Waals surface area contributed by atoms with Crippen LogP contribution in [0.1, 0.15) is 24.8 Å². The van der Waals surface area contributed by atoms with Crippen molar-refractivity contribution in [2.45, 2.75) is 31.7 Å². The Morgan fingerprint density at radius 3 is 2.95 bits per heavy atom. The van der Waals surface area contributed by atoms with Gasteiger partial charge in [-0.05, 0) is 37.3 Å². The van der Waals surface area contributed by atoms with Gasteiger partial charge in [0.2, 0.25) is 0 Å². The molecular formula is C16H24N4. The van der Waals surface area contributed by atoms with E-state index in [-0.39, 0.29) is 0 Å². The van der Waals surface area contributed by atoms with Crippen molar-refractivity contribution in [3.05, 3.63) is 29.8 Å². The molecule has 0 radical (unpaired) electrons. The van der Waals surface area contributed by atoms with E-state index in [1.54, 1.807) is 0 Å². The summed E-state index contributed by atoms with van der Waals surface area (Å²) in [6, 6.07) is 9.20. The molecule has 0 amide bonds. The number of guanidine groups is 1. The molecule has 108 valence electrons. The molecule has 4 heteroatoms. The molecule has 1 fully saturated rings. The number of anilines is 1. The van der Waals surface area contributed by atoms with Crippen molar-refractivity contribution in [1.29, 1.82) is 0 Å². The molecule has 4 nitrogen and oxygen atoms in total. The van der Waals surface area contributed by atoms with Gasteiger partial charge in [-0.1, -0.05) is 18.2 Å². The molecule has 1 saturated carbocycles. The maximum Gasteiger partial charge on any atom is 0.188 e. The molecule has 20 heavy (non-hydrogen) atoms. The molecule has 1 heterocycles. The van der Waals surface area contributed by atoms with E-state index in [0.717, 1.165) is 19.5 Å². The molecule has 0 saturated heterocycles. The van der Waals surface area contributed by atoms with Crippen molar-refractivity contribution in [3.63, 3.8) is 0 Å². The highest BCUT2D eigenvalue weighted by atomic mass is 15.1. The Bertz CT molecular complexity index is 493. The molecule has 0 aromatic heterocycles. The summed E-state index contributed by atoms with van der Waals surface area (Å²) < 4.78 is 0. The van der Waals surface area contributed by atoms with E-state index in [2.05, 4.69) is 46.5 Å². The van der Waals surface area contributed by atoms with Crippen molar-refractivity contribution in [3.8, 4) is 0 Å². The lowest BCUT2D eigenvalue weighted by Crippen LogP contribution is -2.44. The molecule has 3 N–H and O–H groups in total. The van der Waals surface area contributed by atoms with Gasteiger partial charge in [0.05, 0.1) is 0 Å². The van der Waals surface area contributed by atoms with Crippen LogP contribution in [0, 0.1) is 5.92 Å². The molecule has 1 aromatic rings. The first-order valence-electron chi connectivity index (χ1n) is 7.58. The number of hydrogen-bond donors (Lipinski definition) is 2. The van der Waals surface area contributed by atoms with Crippen LogP contribution in [0.4, 0.5) is 5.69 Å². The summed E-state index contributed by atoms with van der Waals surface area (Å²) in [6.07, 6.45) is 4.88. The lowest BCUT2D eigenvalue weighted by atomic mass is 9.93. The highest BCUT2D eigenvalue weighted by Gasteiger charge is 2.22. The Morgan fingerprint density at radius 2 is 2.20 bits per heavy atom. The predicted molar refractivity (Wildman–Crippen MR) is 84.2 cm³/mol. The third kappa shape index (κ3) is 2.89. The van der Waals surface area contributed by atoms with Crippen molar-refractivity contribution in [1.82, 2.24) is 5.32 Å². The predicted octanol–water partition coefficient (Wildman–Crippen LogP) is 1.75. The van der Waals surface area contributed by atoms with E-state index in [1.807, 2.05) is 0 Å². The summed E-state index contributed by atoms with van der Waals surface area (Å²) in [6.45, 7) is 1.86. The van der Waals surface area contributed by atoms with Gasteiger partial charge >= 0.3 is 0 Å². The molecule has 1 atom stereocenters. The lowest BCUT2D eigenvalue weighted by molar-refractivity contribution is 0.381. The summed E-state index contributed by atoms with van der Waals surface area (Å²) in [7, 11) is 2.16. The van der Waals surface area contributed by atoms with E-state index in [0.29, 0.717) is 17.9 Å². The number of fused-ring (bicyclic) bond motifs is 1. The zero-order valence-corrected chi connectivity index (χ0v) is 12.2. The molecule has 1 aromatic carbocycles. The smallest absolute Gasteiger partial charge is 0.188 e. The number of aliphatic imine (C=N–C) groups is 1. The third-order valence-corrected chi connectivity index (χ3v) is 4.42. The molecule has 1 aliphatic carbocycles. The van der Waals surface area contributed by atoms with Crippen LogP contribution in [-0.2, 0) is 6.42 Å². The van der Waals surface area contributed by atoms with Crippen LogP contribution < -0.4 is 16.0 Å². The maximum absolute atomic E-state index is 5.96. The van der Waals surface area contributed by atoms with Crippen LogP contribution in [0.3, 0.4) is 0 Å². The first-order valence-corrected chi connectivity index (χ1v) is 7.58. The number of rotatable bonds is 3. The molecule has 2 aliphatic rings. The average Bonchev–Trinajstić information content (AvgIpc) is 2.41. The van der Waals surface area contributed by atoms with Crippen LogP contribution in [0.5, 0.6) is 0 Å². The fourth-order valence-corrected chi connectivity index (χ4v) is 3.07. The van der Waals surface area contributed by atoms with Crippen LogP contribution in [0.25, 0.3) is 0 Å². The number of hydrogen-bond acceptors (Lipinski definition) is 2. The minimum Gasteiger partial charge on any atom is -0.374 e. The third-order valence-electron chi connectivity index (χ3n) is 4.42. The van der Waals surface area contributed by atoms with Crippen molar-refractivity contribution in [2.24, 2.45) is 16.6 Å². The molecule has 0 spiro atoms. The standard InChI is InChI=1S/C16H24N4/c1-20-11-12(9-13-5-2-3-8-15(13)20)10-18-16(17)19-14-6-4-7-14/h2-3,5,8,12,14H,4,6-7,9-11H2,1H3,(H3,17,18,19). The van der Waals surface area contributed by atoms with Gasteiger partial charge in [0.25, 0.3) is 0 Å². The quantitative estimate of drug-likeness (QED) is 0.651. The van der Waals surface area contributed by atoms with Crippen LogP contribution >= 0.6 is 0 Å². The van der Waals surface area contributed by atoms with E-state index < -0.39 is 0 Å². The van der Waals surface area contributed by atoms with Gasteiger partial charge in [0, 0.05) is 37.8 Å². The molecule has 3 rings (SSSR count). The van der Waals surface area contributed by atoms with Crippen molar-refractivity contribution in [2.75, 3.05) is 25.0 Å². The van der Waals surface area contributed by atoms with Crippen molar-refractivity contribution >= 4 is 11.6 Å². The van der Waals surface area contributed by atoms with Gasteiger partial charge in [0.1, 0.15) is 0 Å². The van der Waals surface area contributed by atoms with Gasteiger partial charge in [0.15, 0.2) is 5.96 Å². The second kappa shape index (κ2) is 5.73. The lowest BCUT2D eigenvalue weighted by Gasteiger charge is -2.33. The van der Waals surface area contributed by atoms with Crippen molar-refractivity contribution < 1.29 is 0 Å². The van der Waals surface area contributed by atoms with Gasteiger partial charge < -0.3 is 16.0 Å². The summed E-state index contributed by atoms with van der Waals surface area (Å²) >= 11 is 0. The van der Waals surface area contributed by atoms with Gasteiger partial charge in [-0.2, -0.15) is 0 Å². The average molecular weight is 272 g/mol. The Balaban J connectivity index is 1.58. The normalized spacial score (nSPS) is 23.1. The Kier molecular flexibility index (Phi) is 3.81. The van der Waals surface area contributed by atoms with Crippen LogP contribution in [0.2, 0.25) is 0 Å². The van der Waals surface area contributed by atoms with Gasteiger partial charge in [-0.25, -0.2) is 0 Å². The van der Waals surface area contributed by atoms with Gasteiger partial charge in [-0.15, -0.1) is 0 Å². The highest BCUT2D eigenvalue weighted by molar-refractivity contribution is 5.78. The topological polar surface area (TPSA) is 53.6 Å². The van der Waals surface area contributed by atoms with Gasteiger partial charge in [-0.3, -0.25) is 4.99 Å². The van der Waals surface area contributed by atoms with E-state index in [9.17, 15) is 0 Å². The Hall–Kier alpha value is -1.71.